The first-order chi connectivity index (χ1) is 7.74. The number of carbonyl (C=O) groups excluding carboxylic acids is 2. The zero-order valence-corrected chi connectivity index (χ0v) is 11.4. The Kier molecular flexibility index (Phi) is 4.17. The van der Waals surface area contributed by atoms with Crippen molar-refractivity contribution in [2.24, 2.45) is 11.8 Å². The summed E-state index contributed by atoms with van der Waals surface area (Å²) in [6.07, 6.45) is 0.614. The lowest BCUT2D eigenvalue weighted by Crippen LogP contribution is -2.35. The molecular formula is C13H23NO3. The zero-order valence-electron chi connectivity index (χ0n) is 11.4. The Morgan fingerprint density at radius 1 is 1.29 bits per heavy atom. The zero-order chi connectivity index (χ0) is 13.2. The molecule has 0 spiro atoms. The van der Waals surface area contributed by atoms with Gasteiger partial charge >= 0.3 is 6.09 Å². The molecule has 1 amide bonds. The molecule has 2 unspecified atom stereocenters. The van der Waals surface area contributed by atoms with Crippen LogP contribution in [0.15, 0.2) is 0 Å². The van der Waals surface area contributed by atoms with Gasteiger partial charge in [0, 0.05) is 19.0 Å². The fourth-order valence-corrected chi connectivity index (χ4v) is 2.22. The van der Waals surface area contributed by atoms with Crippen molar-refractivity contribution in [2.75, 3.05) is 13.1 Å². The molecule has 1 aliphatic heterocycles. The average molecular weight is 241 g/mol. The predicted octanol–water partition coefficient (Wildman–Crippen LogP) is 2.47. The second-order valence-electron chi connectivity index (χ2n) is 5.77. The summed E-state index contributed by atoms with van der Waals surface area (Å²) in [5, 5.41) is 0. The van der Waals surface area contributed by atoms with E-state index in [0.717, 1.165) is 6.42 Å². The number of hydrogen-bond acceptors (Lipinski definition) is 3. The largest absolute Gasteiger partial charge is 0.444 e. The van der Waals surface area contributed by atoms with Crippen LogP contribution in [0.1, 0.15) is 41.0 Å². The van der Waals surface area contributed by atoms with Gasteiger partial charge in [-0.1, -0.05) is 13.3 Å². The van der Waals surface area contributed by atoms with Crippen molar-refractivity contribution in [3.05, 3.63) is 0 Å². The number of hydrogen-bond donors (Lipinski definition) is 0. The Labute approximate surface area is 103 Å². The van der Waals surface area contributed by atoms with E-state index in [4.69, 9.17) is 4.74 Å². The first kappa shape index (κ1) is 14.0. The molecule has 4 heteroatoms. The van der Waals surface area contributed by atoms with E-state index in [1.54, 1.807) is 11.8 Å². The van der Waals surface area contributed by atoms with E-state index < -0.39 is 5.60 Å². The molecule has 1 rings (SSSR count). The monoisotopic (exact) mass is 241 g/mol. The molecule has 2 atom stereocenters. The summed E-state index contributed by atoms with van der Waals surface area (Å²) in [6.45, 7) is 10.3. The summed E-state index contributed by atoms with van der Waals surface area (Å²) in [4.78, 5) is 25.0. The van der Waals surface area contributed by atoms with Crippen LogP contribution >= 0.6 is 0 Å². The quantitative estimate of drug-likeness (QED) is 0.746. The molecule has 0 bridgehead atoms. The fraction of sp³-hybridized carbons (Fsp3) is 0.846. The lowest BCUT2D eigenvalue weighted by molar-refractivity contribution is -0.121. The maximum absolute atomic E-state index is 11.9. The topological polar surface area (TPSA) is 46.6 Å². The SMILES string of the molecule is CCC1CN(C(=O)OC(C)(C)C)CC1C(C)=O. The van der Waals surface area contributed by atoms with Crippen LogP contribution in [0.2, 0.25) is 0 Å². The molecule has 0 radical (unpaired) electrons. The van der Waals surface area contributed by atoms with E-state index in [0.29, 0.717) is 13.1 Å². The molecule has 0 aromatic carbocycles. The molecule has 98 valence electrons. The molecule has 4 nitrogen and oxygen atoms in total. The minimum Gasteiger partial charge on any atom is -0.444 e. The van der Waals surface area contributed by atoms with Crippen LogP contribution in [0.3, 0.4) is 0 Å². The van der Waals surface area contributed by atoms with Crippen molar-refractivity contribution in [3.8, 4) is 0 Å². The first-order valence-electron chi connectivity index (χ1n) is 6.23. The highest BCUT2D eigenvalue weighted by Crippen LogP contribution is 2.28. The lowest BCUT2D eigenvalue weighted by Gasteiger charge is -2.24. The van der Waals surface area contributed by atoms with Crippen LogP contribution in [-0.2, 0) is 9.53 Å². The number of carbonyl (C=O) groups is 2. The van der Waals surface area contributed by atoms with Crippen LogP contribution in [0.5, 0.6) is 0 Å². The summed E-state index contributed by atoms with van der Waals surface area (Å²) in [6, 6.07) is 0. The summed E-state index contributed by atoms with van der Waals surface area (Å²) in [5.41, 5.74) is -0.479. The molecular weight excluding hydrogens is 218 g/mol. The Bertz CT molecular complexity index is 306. The maximum atomic E-state index is 11.9. The molecule has 1 fully saturated rings. The second-order valence-corrected chi connectivity index (χ2v) is 5.77. The van der Waals surface area contributed by atoms with Gasteiger partial charge in [-0.3, -0.25) is 4.79 Å². The fourth-order valence-electron chi connectivity index (χ4n) is 2.22. The predicted molar refractivity (Wildman–Crippen MR) is 65.8 cm³/mol. The summed E-state index contributed by atoms with van der Waals surface area (Å²) >= 11 is 0. The lowest BCUT2D eigenvalue weighted by atomic mass is 9.91. The molecule has 0 saturated carbocycles. The van der Waals surface area contributed by atoms with Crippen molar-refractivity contribution in [1.82, 2.24) is 4.90 Å². The van der Waals surface area contributed by atoms with E-state index in [1.165, 1.54) is 0 Å². The smallest absolute Gasteiger partial charge is 0.410 e. The summed E-state index contributed by atoms with van der Waals surface area (Å²) in [7, 11) is 0. The Hall–Kier alpha value is -1.06. The Morgan fingerprint density at radius 3 is 2.24 bits per heavy atom. The van der Waals surface area contributed by atoms with Crippen molar-refractivity contribution in [2.45, 2.75) is 46.6 Å². The Balaban J connectivity index is 2.64. The van der Waals surface area contributed by atoms with Crippen molar-refractivity contribution < 1.29 is 14.3 Å². The van der Waals surface area contributed by atoms with Crippen LogP contribution < -0.4 is 0 Å². The van der Waals surface area contributed by atoms with Gasteiger partial charge in [0.15, 0.2) is 0 Å². The first-order valence-corrected chi connectivity index (χ1v) is 6.23. The third kappa shape index (κ3) is 3.72. The maximum Gasteiger partial charge on any atom is 0.410 e. The molecule has 17 heavy (non-hydrogen) atoms. The van der Waals surface area contributed by atoms with Gasteiger partial charge < -0.3 is 9.64 Å². The van der Waals surface area contributed by atoms with Crippen molar-refractivity contribution in [1.29, 1.82) is 0 Å². The molecule has 1 aliphatic rings. The highest BCUT2D eigenvalue weighted by molar-refractivity contribution is 5.80. The number of likely N-dealkylation sites (tertiary alicyclic amines) is 1. The highest BCUT2D eigenvalue weighted by Gasteiger charge is 2.38. The van der Waals surface area contributed by atoms with Crippen LogP contribution in [-0.4, -0.2) is 35.5 Å². The summed E-state index contributed by atoms with van der Waals surface area (Å²) < 4.78 is 5.32. The van der Waals surface area contributed by atoms with Gasteiger partial charge in [-0.25, -0.2) is 4.79 Å². The van der Waals surface area contributed by atoms with Crippen molar-refractivity contribution >= 4 is 11.9 Å². The number of nitrogens with zero attached hydrogens (tertiary/aromatic N) is 1. The van der Waals surface area contributed by atoms with Crippen LogP contribution in [0.4, 0.5) is 4.79 Å². The van der Waals surface area contributed by atoms with Gasteiger partial charge in [-0.2, -0.15) is 0 Å². The highest BCUT2D eigenvalue weighted by atomic mass is 16.6. The molecule has 1 heterocycles. The third-order valence-corrected chi connectivity index (χ3v) is 3.14. The number of amides is 1. The number of Topliss-reactive ketones (excluding diaryl/α,β-unsaturated/α-hetero) is 1. The van der Waals surface area contributed by atoms with E-state index >= 15 is 0 Å². The van der Waals surface area contributed by atoms with E-state index in [9.17, 15) is 9.59 Å². The van der Waals surface area contributed by atoms with Crippen LogP contribution in [0, 0.1) is 11.8 Å². The minimum absolute atomic E-state index is 0.0208. The number of ketones is 1. The van der Waals surface area contributed by atoms with Gasteiger partial charge in [0.1, 0.15) is 11.4 Å². The van der Waals surface area contributed by atoms with E-state index in [-0.39, 0.29) is 23.7 Å². The molecule has 0 N–H and O–H groups in total. The number of ether oxygens (including phenoxy) is 1. The second kappa shape index (κ2) is 5.07. The van der Waals surface area contributed by atoms with Gasteiger partial charge in [-0.05, 0) is 33.6 Å². The standard InChI is InChI=1S/C13H23NO3/c1-6-10-7-14(8-11(10)9(2)15)12(16)17-13(3,4)5/h10-11H,6-8H2,1-5H3. The Morgan fingerprint density at radius 2 is 1.88 bits per heavy atom. The van der Waals surface area contributed by atoms with Crippen molar-refractivity contribution in [3.63, 3.8) is 0 Å². The molecule has 0 aliphatic carbocycles. The minimum atomic E-state index is -0.479. The van der Waals surface area contributed by atoms with Gasteiger partial charge in [-0.15, -0.1) is 0 Å². The van der Waals surface area contributed by atoms with E-state index in [2.05, 4.69) is 6.92 Å². The van der Waals surface area contributed by atoms with E-state index in [1.807, 2.05) is 20.8 Å². The molecule has 0 aromatic heterocycles. The summed E-state index contributed by atoms with van der Waals surface area (Å²) in [5.74, 6) is 0.426. The normalized spacial score (nSPS) is 24.9. The average Bonchev–Trinajstić information content (AvgIpc) is 2.58. The van der Waals surface area contributed by atoms with Gasteiger partial charge in [0.2, 0.25) is 0 Å². The molecule has 1 saturated heterocycles. The van der Waals surface area contributed by atoms with Gasteiger partial charge in [0.05, 0.1) is 0 Å². The molecule has 0 aromatic rings. The third-order valence-electron chi connectivity index (χ3n) is 3.14. The number of rotatable bonds is 2. The van der Waals surface area contributed by atoms with Gasteiger partial charge in [0.25, 0.3) is 0 Å². The van der Waals surface area contributed by atoms with Crippen LogP contribution in [0.25, 0.3) is 0 Å².